The zero-order chi connectivity index (χ0) is 8.84. The summed E-state index contributed by atoms with van der Waals surface area (Å²) in [7, 11) is 0. The quantitative estimate of drug-likeness (QED) is 0.605. The second-order valence-electron chi connectivity index (χ2n) is 3.09. The molecule has 1 aromatic rings. The number of hydrogen-bond acceptors (Lipinski definition) is 2. The van der Waals surface area contributed by atoms with Gasteiger partial charge in [-0.1, -0.05) is 24.3 Å². The molecule has 0 amide bonds. The molecule has 3 heteroatoms. The van der Waals surface area contributed by atoms with Crippen LogP contribution in [0.25, 0.3) is 6.08 Å². The first kappa shape index (κ1) is 6.60. The highest BCUT2D eigenvalue weighted by Crippen LogP contribution is 2.27. The van der Waals surface area contributed by atoms with Crippen molar-refractivity contribution >= 4 is 17.6 Å². The highest BCUT2D eigenvalue weighted by atomic mass is 15.3. The fourth-order valence-corrected chi connectivity index (χ4v) is 1.69. The lowest BCUT2D eigenvalue weighted by Crippen LogP contribution is -2.10. The number of hydrazone groups is 1. The zero-order valence-corrected chi connectivity index (χ0v) is 6.83. The Balaban J connectivity index is 2.29. The molecule has 1 aliphatic carbocycles. The number of benzene rings is 1. The zero-order valence-electron chi connectivity index (χ0n) is 6.83. The molecule has 0 unspecified atom stereocenters. The largest absolute Gasteiger partial charge is 0.283 e. The van der Waals surface area contributed by atoms with E-state index in [1.165, 1.54) is 0 Å². The lowest BCUT2D eigenvalue weighted by Gasteiger charge is -1.95. The van der Waals surface area contributed by atoms with E-state index in [4.69, 9.17) is 5.41 Å². The van der Waals surface area contributed by atoms with E-state index in [1.807, 2.05) is 30.3 Å². The fourth-order valence-electron chi connectivity index (χ4n) is 1.69. The van der Waals surface area contributed by atoms with Crippen LogP contribution in [0, 0.1) is 5.41 Å². The van der Waals surface area contributed by atoms with Gasteiger partial charge in [-0.05, 0) is 11.6 Å². The molecule has 0 spiro atoms. The van der Waals surface area contributed by atoms with Crippen LogP contribution in [0.3, 0.4) is 0 Å². The molecule has 0 fully saturated rings. The molecule has 3 rings (SSSR count). The van der Waals surface area contributed by atoms with Crippen molar-refractivity contribution in [2.24, 2.45) is 5.10 Å². The van der Waals surface area contributed by atoms with Crippen LogP contribution in [0.1, 0.15) is 11.1 Å². The highest BCUT2D eigenvalue weighted by molar-refractivity contribution is 6.37. The number of amidine groups is 1. The maximum Gasteiger partial charge on any atom is 0.148 e. The Labute approximate surface area is 75.3 Å². The normalized spacial score (nSPS) is 17.4. The maximum atomic E-state index is 7.56. The van der Waals surface area contributed by atoms with Crippen LogP contribution in [0.2, 0.25) is 0 Å². The number of rotatable bonds is 0. The molecule has 13 heavy (non-hydrogen) atoms. The minimum Gasteiger partial charge on any atom is -0.283 e. The third kappa shape index (κ3) is 0.731. The predicted octanol–water partition coefficient (Wildman–Crippen LogP) is 1.37. The van der Waals surface area contributed by atoms with Crippen LogP contribution in [0.15, 0.2) is 34.9 Å². The van der Waals surface area contributed by atoms with Crippen molar-refractivity contribution in [3.63, 3.8) is 0 Å². The van der Waals surface area contributed by atoms with Gasteiger partial charge in [0.25, 0.3) is 0 Å². The monoisotopic (exact) mass is 169 g/mol. The summed E-state index contributed by atoms with van der Waals surface area (Å²) in [6.45, 7) is 0. The highest BCUT2D eigenvalue weighted by Gasteiger charge is 2.27. The van der Waals surface area contributed by atoms with E-state index in [1.54, 1.807) is 0 Å². The summed E-state index contributed by atoms with van der Waals surface area (Å²) >= 11 is 0. The molecule has 0 radical (unpaired) electrons. The molecular formula is C10H7N3. The second-order valence-corrected chi connectivity index (χ2v) is 3.09. The van der Waals surface area contributed by atoms with Gasteiger partial charge in [-0.3, -0.25) is 10.8 Å². The molecule has 0 aromatic heterocycles. The fraction of sp³-hybridized carbons (Fsp3) is 0. The van der Waals surface area contributed by atoms with E-state index in [-0.39, 0.29) is 0 Å². The number of fused-ring (bicyclic) bond motifs is 3. The van der Waals surface area contributed by atoms with Crippen LogP contribution in [0.4, 0.5) is 0 Å². The van der Waals surface area contributed by atoms with Crippen LogP contribution in [-0.2, 0) is 0 Å². The topological polar surface area (TPSA) is 48.2 Å². The molecule has 62 valence electrons. The Bertz CT molecular complexity index is 469. The third-order valence-corrected chi connectivity index (χ3v) is 2.32. The van der Waals surface area contributed by atoms with Gasteiger partial charge in [0.05, 0.1) is 0 Å². The van der Waals surface area contributed by atoms with E-state index < -0.39 is 0 Å². The van der Waals surface area contributed by atoms with Gasteiger partial charge >= 0.3 is 0 Å². The summed E-state index contributed by atoms with van der Waals surface area (Å²) in [4.78, 5) is 0. The molecule has 2 N–H and O–H groups in total. The van der Waals surface area contributed by atoms with Crippen LogP contribution in [-0.4, -0.2) is 11.5 Å². The lowest BCUT2D eigenvalue weighted by molar-refractivity contribution is 1.04. The first-order valence-corrected chi connectivity index (χ1v) is 4.10. The molecule has 2 aliphatic rings. The Hall–Kier alpha value is -1.90. The summed E-state index contributed by atoms with van der Waals surface area (Å²) < 4.78 is 0. The molecule has 0 bridgehead atoms. The first-order chi connectivity index (χ1) is 6.36. The molecule has 0 saturated carbocycles. The van der Waals surface area contributed by atoms with Gasteiger partial charge in [-0.2, -0.15) is 5.10 Å². The Morgan fingerprint density at radius 1 is 1.23 bits per heavy atom. The Morgan fingerprint density at radius 2 is 2.08 bits per heavy atom. The number of nitrogens with one attached hydrogen (secondary N) is 2. The van der Waals surface area contributed by atoms with E-state index in [0.29, 0.717) is 5.84 Å². The molecule has 1 aliphatic heterocycles. The van der Waals surface area contributed by atoms with E-state index in [2.05, 4.69) is 10.5 Å². The SMILES string of the molecule is N=C1NN=C2C1=Cc1ccccc12. The Kier molecular flexibility index (Phi) is 1.05. The van der Waals surface area contributed by atoms with E-state index in [0.717, 1.165) is 22.4 Å². The first-order valence-electron chi connectivity index (χ1n) is 4.10. The van der Waals surface area contributed by atoms with Crippen molar-refractivity contribution in [2.45, 2.75) is 0 Å². The minimum absolute atomic E-state index is 0.395. The summed E-state index contributed by atoms with van der Waals surface area (Å²) in [5, 5.41) is 11.7. The van der Waals surface area contributed by atoms with Crippen molar-refractivity contribution in [1.82, 2.24) is 5.43 Å². The van der Waals surface area contributed by atoms with Crippen LogP contribution >= 0.6 is 0 Å². The van der Waals surface area contributed by atoms with Crippen LogP contribution in [0.5, 0.6) is 0 Å². The number of nitrogens with zero attached hydrogens (tertiary/aromatic N) is 1. The summed E-state index contributed by atoms with van der Waals surface area (Å²) in [6.07, 6.45) is 2.00. The number of hydrogen-bond donors (Lipinski definition) is 2. The van der Waals surface area contributed by atoms with Crippen molar-refractivity contribution in [2.75, 3.05) is 0 Å². The van der Waals surface area contributed by atoms with Gasteiger partial charge in [-0.25, -0.2) is 0 Å². The molecule has 1 aromatic carbocycles. The van der Waals surface area contributed by atoms with Crippen molar-refractivity contribution in [3.05, 3.63) is 41.0 Å². The van der Waals surface area contributed by atoms with Crippen molar-refractivity contribution < 1.29 is 0 Å². The van der Waals surface area contributed by atoms with Gasteiger partial charge in [-0.15, -0.1) is 0 Å². The third-order valence-electron chi connectivity index (χ3n) is 2.32. The second kappa shape index (κ2) is 2.07. The van der Waals surface area contributed by atoms with Crippen molar-refractivity contribution in [1.29, 1.82) is 5.41 Å². The molecule has 1 heterocycles. The van der Waals surface area contributed by atoms with Gasteiger partial charge in [0.1, 0.15) is 11.5 Å². The minimum atomic E-state index is 0.395. The predicted molar refractivity (Wildman–Crippen MR) is 51.8 cm³/mol. The van der Waals surface area contributed by atoms with E-state index in [9.17, 15) is 0 Å². The van der Waals surface area contributed by atoms with Crippen LogP contribution < -0.4 is 5.43 Å². The van der Waals surface area contributed by atoms with Crippen molar-refractivity contribution in [3.8, 4) is 0 Å². The molecule has 3 nitrogen and oxygen atoms in total. The average molecular weight is 169 g/mol. The van der Waals surface area contributed by atoms with Gasteiger partial charge in [0.15, 0.2) is 0 Å². The molecule has 0 atom stereocenters. The Morgan fingerprint density at radius 3 is 3.00 bits per heavy atom. The van der Waals surface area contributed by atoms with Gasteiger partial charge < -0.3 is 0 Å². The standard InChI is InChI=1S/C10H7N3/c11-10-8-5-6-3-1-2-4-7(6)9(8)12-13-10/h1-5H,(H2,11,13). The average Bonchev–Trinajstić information content (AvgIpc) is 2.67. The van der Waals surface area contributed by atoms with E-state index >= 15 is 0 Å². The lowest BCUT2D eigenvalue weighted by atomic mass is 10.1. The summed E-state index contributed by atoms with van der Waals surface area (Å²) in [5.41, 5.74) is 6.75. The summed E-state index contributed by atoms with van der Waals surface area (Å²) in [6, 6.07) is 8.04. The molecular weight excluding hydrogens is 162 g/mol. The maximum absolute atomic E-state index is 7.56. The smallest absolute Gasteiger partial charge is 0.148 e. The van der Waals surface area contributed by atoms with Gasteiger partial charge in [0.2, 0.25) is 0 Å². The van der Waals surface area contributed by atoms with Gasteiger partial charge in [0, 0.05) is 11.1 Å². The summed E-state index contributed by atoms with van der Waals surface area (Å²) in [5.74, 6) is 0.395. The molecule has 0 saturated heterocycles.